The Morgan fingerprint density at radius 2 is 2.27 bits per heavy atom. The third kappa shape index (κ3) is 6.28. The lowest BCUT2D eigenvalue weighted by Crippen LogP contribution is -2.50. The Hall–Kier alpha value is -2.17. The molecule has 1 heterocycles. The average Bonchev–Trinajstić information content (AvgIpc) is 2.63. The summed E-state index contributed by atoms with van der Waals surface area (Å²) in [4.78, 5) is 6.58. The van der Waals surface area contributed by atoms with Gasteiger partial charge < -0.3 is 15.4 Å². The van der Waals surface area contributed by atoms with Gasteiger partial charge in [-0.1, -0.05) is 13.8 Å². The number of benzene rings is 1. The number of nitriles is 1. The smallest absolute Gasteiger partial charge is 0.191 e. The summed E-state index contributed by atoms with van der Waals surface area (Å²) in [7, 11) is 1.67. The van der Waals surface area contributed by atoms with Crippen molar-refractivity contribution in [2.45, 2.75) is 26.5 Å². The Labute approximate surface area is 155 Å². The predicted molar refractivity (Wildman–Crippen MR) is 100 cm³/mol. The second kappa shape index (κ2) is 10.1. The number of hydrogen-bond donors (Lipinski definition) is 2. The second-order valence-electron chi connectivity index (χ2n) is 6.87. The van der Waals surface area contributed by atoms with Gasteiger partial charge in [-0.2, -0.15) is 5.26 Å². The van der Waals surface area contributed by atoms with E-state index >= 15 is 0 Å². The van der Waals surface area contributed by atoms with Gasteiger partial charge in [-0.05, 0) is 24.1 Å². The molecule has 0 bridgehead atoms. The molecule has 142 valence electrons. The van der Waals surface area contributed by atoms with Crippen LogP contribution in [-0.4, -0.2) is 56.8 Å². The van der Waals surface area contributed by atoms with Crippen molar-refractivity contribution in [1.29, 1.82) is 5.26 Å². The molecule has 1 atom stereocenters. The molecule has 0 aromatic heterocycles. The molecule has 2 N–H and O–H groups in total. The van der Waals surface area contributed by atoms with Crippen LogP contribution in [0.5, 0.6) is 0 Å². The number of rotatable bonds is 6. The standard InChI is InChI=1S/C19H28FN5O/c1-14(2)12-25-6-7-26-17(13-25)11-24-19(22-3)23-10-16-8-15(9-21)4-5-18(16)20/h4-5,8,14,17H,6-7,10-13H2,1-3H3,(H2,22,23,24). The molecule has 26 heavy (non-hydrogen) atoms. The number of guanidine groups is 1. The molecule has 1 aromatic rings. The molecule has 0 radical (unpaired) electrons. The molecule has 0 spiro atoms. The average molecular weight is 361 g/mol. The van der Waals surface area contributed by atoms with Crippen LogP contribution in [0.2, 0.25) is 0 Å². The third-order valence-electron chi connectivity index (χ3n) is 4.19. The molecule has 1 aliphatic rings. The second-order valence-corrected chi connectivity index (χ2v) is 6.87. The van der Waals surface area contributed by atoms with E-state index in [-0.39, 0.29) is 18.5 Å². The molecule has 0 saturated carbocycles. The molecule has 2 rings (SSSR count). The van der Waals surface area contributed by atoms with Crippen molar-refractivity contribution in [2.75, 3.05) is 39.8 Å². The minimum Gasteiger partial charge on any atom is -0.374 e. The maximum atomic E-state index is 13.8. The normalized spacial score (nSPS) is 18.6. The van der Waals surface area contributed by atoms with Crippen LogP contribution < -0.4 is 10.6 Å². The molecule has 1 fully saturated rings. The minimum atomic E-state index is -0.341. The van der Waals surface area contributed by atoms with Gasteiger partial charge in [-0.25, -0.2) is 4.39 Å². The summed E-state index contributed by atoms with van der Waals surface area (Å²) in [5.41, 5.74) is 0.871. The zero-order valence-corrected chi connectivity index (χ0v) is 15.8. The van der Waals surface area contributed by atoms with E-state index in [4.69, 9.17) is 10.00 Å². The Balaban J connectivity index is 1.82. The number of nitrogens with one attached hydrogen (secondary N) is 2. The highest BCUT2D eigenvalue weighted by molar-refractivity contribution is 5.79. The van der Waals surface area contributed by atoms with Crippen molar-refractivity contribution in [3.8, 4) is 6.07 Å². The zero-order valence-electron chi connectivity index (χ0n) is 15.8. The summed E-state index contributed by atoms with van der Waals surface area (Å²) in [6, 6.07) is 6.34. The van der Waals surface area contributed by atoms with Crippen LogP contribution in [-0.2, 0) is 11.3 Å². The van der Waals surface area contributed by atoms with E-state index in [1.165, 1.54) is 12.1 Å². The quantitative estimate of drug-likeness (QED) is 0.596. The van der Waals surface area contributed by atoms with Crippen LogP contribution in [0.1, 0.15) is 25.0 Å². The highest BCUT2D eigenvalue weighted by Crippen LogP contribution is 2.10. The van der Waals surface area contributed by atoms with Gasteiger partial charge in [0, 0.05) is 45.3 Å². The van der Waals surface area contributed by atoms with E-state index in [1.54, 1.807) is 13.1 Å². The molecule has 1 aromatic carbocycles. The number of morpholine rings is 1. The lowest BCUT2D eigenvalue weighted by Gasteiger charge is -2.34. The van der Waals surface area contributed by atoms with Crippen LogP contribution in [0, 0.1) is 23.1 Å². The van der Waals surface area contributed by atoms with Crippen molar-refractivity contribution in [3.63, 3.8) is 0 Å². The number of nitrogens with zero attached hydrogens (tertiary/aromatic N) is 3. The van der Waals surface area contributed by atoms with E-state index in [9.17, 15) is 4.39 Å². The van der Waals surface area contributed by atoms with Crippen molar-refractivity contribution in [3.05, 3.63) is 35.1 Å². The van der Waals surface area contributed by atoms with Crippen LogP contribution in [0.25, 0.3) is 0 Å². The molecular formula is C19H28FN5O. The Kier molecular flexibility index (Phi) is 7.82. The summed E-state index contributed by atoms with van der Waals surface area (Å²) < 4.78 is 19.7. The lowest BCUT2D eigenvalue weighted by atomic mass is 10.1. The number of halogens is 1. The molecule has 0 amide bonds. The Bertz CT molecular complexity index is 656. The van der Waals surface area contributed by atoms with Crippen molar-refractivity contribution in [2.24, 2.45) is 10.9 Å². The van der Waals surface area contributed by atoms with Crippen molar-refractivity contribution >= 4 is 5.96 Å². The minimum absolute atomic E-state index is 0.0969. The topological polar surface area (TPSA) is 72.7 Å². The Morgan fingerprint density at radius 1 is 1.46 bits per heavy atom. The van der Waals surface area contributed by atoms with E-state index in [0.717, 1.165) is 26.2 Å². The van der Waals surface area contributed by atoms with Gasteiger partial charge in [0.15, 0.2) is 5.96 Å². The highest BCUT2D eigenvalue weighted by Gasteiger charge is 2.21. The van der Waals surface area contributed by atoms with E-state index in [0.29, 0.717) is 29.5 Å². The number of ether oxygens (including phenoxy) is 1. The van der Waals surface area contributed by atoms with Crippen LogP contribution in [0.15, 0.2) is 23.2 Å². The van der Waals surface area contributed by atoms with Gasteiger partial charge in [0.25, 0.3) is 0 Å². The summed E-state index contributed by atoms with van der Waals surface area (Å²) in [6.07, 6.45) is 0.0969. The number of hydrogen-bond acceptors (Lipinski definition) is 4. The van der Waals surface area contributed by atoms with Gasteiger partial charge in [0.05, 0.1) is 24.3 Å². The lowest BCUT2D eigenvalue weighted by molar-refractivity contribution is -0.0284. The molecule has 1 saturated heterocycles. The molecule has 0 aliphatic carbocycles. The van der Waals surface area contributed by atoms with Gasteiger partial charge in [-0.15, -0.1) is 0 Å². The Morgan fingerprint density at radius 3 is 2.96 bits per heavy atom. The van der Waals surface area contributed by atoms with Gasteiger partial charge in [0.1, 0.15) is 5.82 Å². The monoisotopic (exact) mass is 361 g/mol. The van der Waals surface area contributed by atoms with Crippen LogP contribution in [0.3, 0.4) is 0 Å². The first-order valence-corrected chi connectivity index (χ1v) is 8.98. The molecule has 6 nitrogen and oxygen atoms in total. The van der Waals surface area contributed by atoms with Gasteiger partial charge >= 0.3 is 0 Å². The first kappa shape index (κ1) is 20.1. The fourth-order valence-electron chi connectivity index (χ4n) is 2.98. The van der Waals surface area contributed by atoms with Crippen molar-refractivity contribution in [1.82, 2.24) is 15.5 Å². The fraction of sp³-hybridized carbons (Fsp3) is 0.579. The molecular weight excluding hydrogens is 333 g/mol. The molecule has 1 unspecified atom stereocenters. The third-order valence-corrected chi connectivity index (χ3v) is 4.19. The first-order valence-electron chi connectivity index (χ1n) is 8.98. The fourth-order valence-corrected chi connectivity index (χ4v) is 2.98. The van der Waals surface area contributed by atoms with Crippen LogP contribution in [0.4, 0.5) is 4.39 Å². The van der Waals surface area contributed by atoms with Crippen molar-refractivity contribution < 1.29 is 9.13 Å². The van der Waals surface area contributed by atoms with Gasteiger partial charge in [-0.3, -0.25) is 9.89 Å². The number of aliphatic imine (C=N–C) groups is 1. The highest BCUT2D eigenvalue weighted by atomic mass is 19.1. The molecule has 1 aliphatic heterocycles. The molecule has 7 heteroatoms. The SMILES string of the molecule is CN=C(NCc1cc(C#N)ccc1F)NCC1CN(CC(C)C)CCO1. The summed E-state index contributed by atoms with van der Waals surface area (Å²) in [6.45, 7) is 8.99. The van der Waals surface area contributed by atoms with Gasteiger partial charge in [0.2, 0.25) is 0 Å². The zero-order chi connectivity index (χ0) is 18.9. The van der Waals surface area contributed by atoms with E-state index in [2.05, 4.69) is 34.4 Å². The maximum Gasteiger partial charge on any atom is 0.191 e. The maximum absolute atomic E-state index is 13.8. The largest absolute Gasteiger partial charge is 0.374 e. The van der Waals surface area contributed by atoms with E-state index < -0.39 is 0 Å². The predicted octanol–water partition coefficient (Wildman–Crippen LogP) is 1.72. The summed E-state index contributed by atoms with van der Waals surface area (Å²) >= 11 is 0. The summed E-state index contributed by atoms with van der Waals surface area (Å²) in [5.74, 6) is 0.874. The van der Waals surface area contributed by atoms with E-state index in [1.807, 2.05) is 6.07 Å². The van der Waals surface area contributed by atoms with Crippen LogP contribution >= 0.6 is 0 Å². The first-order chi connectivity index (χ1) is 12.5. The summed E-state index contributed by atoms with van der Waals surface area (Å²) in [5, 5.41) is 15.2.